The number of ether oxygens (including phenoxy) is 2. The molecule has 0 saturated carbocycles. The zero-order valence-electron chi connectivity index (χ0n) is 37.3. The van der Waals surface area contributed by atoms with Crippen LogP contribution in [0.1, 0.15) is 226 Å². The summed E-state index contributed by atoms with van der Waals surface area (Å²) in [6.45, 7) is 2.38. The van der Waals surface area contributed by atoms with E-state index in [-0.39, 0.29) is 19.4 Å². The predicted molar refractivity (Wildman–Crippen MR) is 238 cm³/mol. The van der Waals surface area contributed by atoms with E-state index < -0.39 is 51.8 Å². The van der Waals surface area contributed by atoms with Gasteiger partial charge in [-0.05, 0) is 44.9 Å². The number of phosphoric acid groups is 1. The number of hydrogen-bond acceptors (Lipinski definition) is 9. The van der Waals surface area contributed by atoms with Crippen molar-refractivity contribution in [2.45, 2.75) is 238 Å². The van der Waals surface area contributed by atoms with E-state index in [9.17, 15) is 24.2 Å². The van der Waals surface area contributed by atoms with Crippen LogP contribution in [0.5, 0.6) is 0 Å². The Bertz CT molecular complexity index is 1020. The lowest BCUT2D eigenvalue weighted by Gasteiger charge is -2.20. The topological polar surface area (TPSA) is 149 Å². The number of rotatable bonds is 45. The molecule has 0 rings (SSSR count). The van der Waals surface area contributed by atoms with Gasteiger partial charge in [0.2, 0.25) is 0 Å². The molecule has 0 aliphatic carbocycles. The van der Waals surface area contributed by atoms with Crippen molar-refractivity contribution < 1.29 is 47.8 Å². The zero-order valence-corrected chi connectivity index (χ0v) is 38.2. The van der Waals surface area contributed by atoms with Crippen LogP contribution in [0.15, 0.2) is 24.3 Å². The Morgan fingerprint density at radius 2 is 0.897 bits per heavy atom. The third kappa shape index (κ3) is 42.6. The molecule has 0 aromatic heterocycles. The second-order valence-corrected chi connectivity index (χ2v) is 17.6. The quantitative estimate of drug-likeness (QED) is 0.0234. The van der Waals surface area contributed by atoms with E-state index in [4.69, 9.17) is 23.6 Å². The maximum absolute atomic E-state index is 12.6. The molecule has 11 heteroatoms. The molecule has 0 bridgehead atoms. The van der Waals surface area contributed by atoms with E-state index in [0.29, 0.717) is 12.8 Å². The first-order chi connectivity index (χ1) is 28.2. The molecule has 0 aliphatic heterocycles. The van der Waals surface area contributed by atoms with Crippen molar-refractivity contribution in [3.8, 4) is 0 Å². The zero-order chi connectivity index (χ0) is 42.6. The summed E-state index contributed by atoms with van der Waals surface area (Å²) in [6.07, 6.45) is 44.2. The van der Waals surface area contributed by atoms with Crippen LogP contribution in [-0.4, -0.2) is 65.7 Å². The molecule has 0 saturated heterocycles. The average molecular weight is 845 g/mol. The highest BCUT2D eigenvalue weighted by Crippen LogP contribution is 2.43. The molecular formula is C47H89O10P. The van der Waals surface area contributed by atoms with Crippen LogP contribution < -0.4 is 0 Å². The Hall–Kier alpha value is -1.55. The van der Waals surface area contributed by atoms with Crippen molar-refractivity contribution >= 4 is 19.8 Å². The number of aliphatic hydroxyl groups excluding tert-OH is 2. The number of unbranched alkanes of at least 4 members (excludes halogenated alkanes) is 27. The van der Waals surface area contributed by atoms with E-state index >= 15 is 0 Å². The largest absolute Gasteiger partial charge is 0.472 e. The van der Waals surface area contributed by atoms with Gasteiger partial charge in [0.1, 0.15) is 12.7 Å². The summed E-state index contributed by atoms with van der Waals surface area (Å²) >= 11 is 0. The van der Waals surface area contributed by atoms with E-state index in [1.54, 1.807) is 0 Å². The summed E-state index contributed by atoms with van der Waals surface area (Å²) < 4.78 is 32.8. The smallest absolute Gasteiger partial charge is 0.462 e. The fourth-order valence-electron chi connectivity index (χ4n) is 6.67. The molecule has 0 aromatic carbocycles. The van der Waals surface area contributed by atoms with Gasteiger partial charge < -0.3 is 24.6 Å². The Morgan fingerprint density at radius 1 is 0.517 bits per heavy atom. The molecule has 342 valence electrons. The molecule has 0 aliphatic rings. The molecule has 0 aromatic rings. The minimum atomic E-state index is -4.62. The van der Waals surface area contributed by atoms with Crippen molar-refractivity contribution in [3.63, 3.8) is 0 Å². The molecule has 58 heavy (non-hydrogen) atoms. The third-order valence-electron chi connectivity index (χ3n) is 10.4. The number of carbonyl (C=O) groups is 2. The number of aliphatic hydroxyl groups is 2. The van der Waals surface area contributed by atoms with Crippen LogP contribution in [0.2, 0.25) is 0 Å². The van der Waals surface area contributed by atoms with Crippen LogP contribution in [0.3, 0.4) is 0 Å². The Balaban J connectivity index is 4.22. The fraction of sp³-hybridized carbons (Fsp3) is 0.872. The van der Waals surface area contributed by atoms with E-state index in [2.05, 4.69) is 38.2 Å². The first-order valence-electron chi connectivity index (χ1n) is 23.8. The molecule has 3 atom stereocenters. The van der Waals surface area contributed by atoms with Crippen LogP contribution in [0, 0.1) is 0 Å². The van der Waals surface area contributed by atoms with Crippen molar-refractivity contribution in [3.05, 3.63) is 24.3 Å². The van der Waals surface area contributed by atoms with Gasteiger partial charge in [-0.1, -0.05) is 192 Å². The van der Waals surface area contributed by atoms with Crippen molar-refractivity contribution in [2.75, 3.05) is 26.4 Å². The minimum absolute atomic E-state index is 0.187. The van der Waals surface area contributed by atoms with E-state index in [1.807, 2.05) is 0 Å². The van der Waals surface area contributed by atoms with Gasteiger partial charge in [-0.2, -0.15) is 0 Å². The SMILES string of the molecule is CCCCC/C=C/C/C=C/CCCCCCCCCC(=O)OC[C@H](COP(=O)(O)OC[C@@H](O)CO)OC(=O)CCCCCCCCCCCCCCCCCCCC. The maximum atomic E-state index is 12.6. The number of carbonyl (C=O) groups excluding carboxylic acids is 2. The highest BCUT2D eigenvalue weighted by molar-refractivity contribution is 7.47. The predicted octanol–water partition coefficient (Wildman–Crippen LogP) is 13.0. The summed E-state index contributed by atoms with van der Waals surface area (Å²) in [5, 5.41) is 18.4. The van der Waals surface area contributed by atoms with Gasteiger partial charge in [-0.15, -0.1) is 0 Å². The fourth-order valence-corrected chi connectivity index (χ4v) is 7.46. The number of esters is 2. The maximum Gasteiger partial charge on any atom is 0.472 e. The lowest BCUT2D eigenvalue weighted by atomic mass is 10.0. The van der Waals surface area contributed by atoms with Crippen molar-refractivity contribution in [1.82, 2.24) is 0 Å². The van der Waals surface area contributed by atoms with Gasteiger partial charge >= 0.3 is 19.8 Å². The van der Waals surface area contributed by atoms with Crippen LogP contribution in [0.25, 0.3) is 0 Å². The van der Waals surface area contributed by atoms with Crippen LogP contribution in [0.4, 0.5) is 0 Å². The molecule has 3 N–H and O–H groups in total. The van der Waals surface area contributed by atoms with Crippen LogP contribution in [-0.2, 0) is 32.7 Å². The highest BCUT2D eigenvalue weighted by atomic mass is 31.2. The monoisotopic (exact) mass is 845 g/mol. The first-order valence-corrected chi connectivity index (χ1v) is 25.3. The first kappa shape index (κ1) is 56.5. The van der Waals surface area contributed by atoms with Crippen LogP contribution >= 0.6 is 7.82 Å². The molecule has 10 nitrogen and oxygen atoms in total. The molecule has 0 heterocycles. The Labute approximate surface area is 355 Å². The summed E-state index contributed by atoms with van der Waals surface area (Å²) in [7, 11) is -4.62. The Kier molecular flexibility index (Phi) is 42.4. The number of phosphoric ester groups is 1. The van der Waals surface area contributed by atoms with Gasteiger partial charge in [-0.3, -0.25) is 18.6 Å². The number of hydrogen-bond donors (Lipinski definition) is 3. The van der Waals surface area contributed by atoms with E-state index in [0.717, 1.165) is 51.4 Å². The lowest BCUT2D eigenvalue weighted by Crippen LogP contribution is -2.29. The Morgan fingerprint density at radius 3 is 1.36 bits per heavy atom. The molecule has 1 unspecified atom stereocenters. The summed E-state index contributed by atoms with van der Waals surface area (Å²) in [4.78, 5) is 35.1. The lowest BCUT2D eigenvalue weighted by molar-refractivity contribution is -0.161. The number of allylic oxidation sites excluding steroid dienone is 4. The molecular weight excluding hydrogens is 755 g/mol. The van der Waals surface area contributed by atoms with Gasteiger partial charge in [0.15, 0.2) is 6.10 Å². The highest BCUT2D eigenvalue weighted by Gasteiger charge is 2.27. The third-order valence-corrected chi connectivity index (χ3v) is 11.3. The summed E-state index contributed by atoms with van der Waals surface area (Å²) in [5.74, 6) is -0.923. The second kappa shape index (κ2) is 43.5. The van der Waals surface area contributed by atoms with Gasteiger partial charge in [0.05, 0.1) is 19.8 Å². The normalized spacial score (nSPS) is 13.9. The standard InChI is InChI=1S/C47H89O10P/c1-3-5-7-9-11-13-15-17-19-21-23-25-27-29-31-33-35-37-39-47(51)57-45(43-56-58(52,53)55-41-44(49)40-48)42-54-46(50)38-36-34-32-30-28-26-24-22-20-18-16-14-12-10-8-6-4-2/h12,14,18,20,44-45,48-49H,3-11,13,15-17,19,21-43H2,1-2H3,(H,52,53)/b14-12+,20-18+/t44-,45+/m0/s1. The van der Waals surface area contributed by atoms with Crippen molar-refractivity contribution in [2.24, 2.45) is 0 Å². The van der Waals surface area contributed by atoms with Gasteiger partial charge in [0.25, 0.3) is 0 Å². The molecule has 0 amide bonds. The molecule has 0 radical (unpaired) electrons. The van der Waals surface area contributed by atoms with Crippen molar-refractivity contribution in [1.29, 1.82) is 0 Å². The van der Waals surface area contributed by atoms with E-state index in [1.165, 1.54) is 135 Å². The summed E-state index contributed by atoms with van der Waals surface area (Å²) in [6, 6.07) is 0. The summed E-state index contributed by atoms with van der Waals surface area (Å²) in [5.41, 5.74) is 0. The second-order valence-electron chi connectivity index (χ2n) is 16.1. The van der Waals surface area contributed by atoms with Gasteiger partial charge in [0, 0.05) is 12.8 Å². The average Bonchev–Trinajstić information content (AvgIpc) is 3.21. The minimum Gasteiger partial charge on any atom is -0.462 e. The molecule has 0 fully saturated rings. The van der Waals surface area contributed by atoms with Gasteiger partial charge in [-0.25, -0.2) is 4.57 Å². The molecule has 0 spiro atoms.